The minimum atomic E-state index is 0.197. The standard InChI is InChI=1S/C22H27NO4/c1-25-19-10-4-17(5-11-19)15-23(18-8-9-18)22(24)13-7-16-6-12-20(26-2)21(14-16)27-3/h4-6,10-12,14,18H,7-9,13,15H2,1-3H3. The Morgan fingerprint density at radius 1 is 0.926 bits per heavy atom. The van der Waals surface area contributed by atoms with Gasteiger partial charge in [0.1, 0.15) is 5.75 Å². The Balaban J connectivity index is 1.62. The van der Waals surface area contributed by atoms with Crippen LogP contribution in [0, 0.1) is 0 Å². The molecule has 0 N–H and O–H groups in total. The highest BCUT2D eigenvalue weighted by Gasteiger charge is 2.32. The summed E-state index contributed by atoms with van der Waals surface area (Å²) < 4.78 is 15.8. The highest BCUT2D eigenvalue weighted by molar-refractivity contribution is 5.77. The molecule has 27 heavy (non-hydrogen) atoms. The van der Waals surface area contributed by atoms with Crippen LogP contribution in [0.1, 0.15) is 30.4 Å². The number of carbonyl (C=O) groups excluding carboxylic acids is 1. The summed E-state index contributed by atoms with van der Waals surface area (Å²) in [5.41, 5.74) is 2.20. The van der Waals surface area contributed by atoms with Gasteiger partial charge in [0.25, 0.3) is 0 Å². The van der Waals surface area contributed by atoms with Gasteiger partial charge in [-0.2, -0.15) is 0 Å². The molecule has 0 atom stereocenters. The maximum Gasteiger partial charge on any atom is 0.223 e. The quantitative estimate of drug-likeness (QED) is 0.674. The first-order chi connectivity index (χ1) is 13.1. The normalized spacial score (nSPS) is 13.1. The molecule has 144 valence electrons. The van der Waals surface area contributed by atoms with Gasteiger partial charge in [0, 0.05) is 19.0 Å². The Bertz CT molecular complexity index is 768. The van der Waals surface area contributed by atoms with Crippen LogP contribution in [0.4, 0.5) is 0 Å². The average Bonchev–Trinajstić information content (AvgIpc) is 3.55. The van der Waals surface area contributed by atoms with E-state index in [0.29, 0.717) is 36.9 Å². The van der Waals surface area contributed by atoms with E-state index >= 15 is 0 Å². The minimum absolute atomic E-state index is 0.197. The maximum atomic E-state index is 12.8. The van der Waals surface area contributed by atoms with Crippen molar-refractivity contribution in [3.05, 3.63) is 53.6 Å². The Hall–Kier alpha value is -2.69. The summed E-state index contributed by atoms with van der Waals surface area (Å²) in [6, 6.07) is 14.1. The van der Waals surface area contributed by atoms with E-state index in [2.05, 4.69) is 0 Å². The lowest BCUT2D eigenvalue weighted by molar-refractivity contribution is -0.132. The van der Waals surface area contributed by atoms with Crippen molar-refractivity contribution in [3.8, 4) is 17.2 Å². The first kappa shape index (κ1) is 19.1. The summed E-state index contributed by atoms with van der Waals surface area (Å²) in [5, 5.41) is 0. The van der Waals surface area contributed by atoms with Gasteiger partial charge in [0.15, 0.2) is 11.5 Å². The first-order valence-electron chi connectivity index (χ1n) is 9.28. The molecule has 2 aromatic carbocycles. The van der Waals surface area contributed by atoms with E-state index in [-0.39, 0.29) is 5.91 Å². The molecule has 0 heterocycles. The average molecular weight is 369 g/mol. The van der Waals surface area contributed by atoms with Crippen molar-refractivity contribution >= 4 is 5.91 Å². The Kier molecular flexibility index (Phi) is 6.22. The van der Waals surface area contributed by atoms with Gasteiger partial charge in [0.05, 0.1) is 21.3 Å². The predicted octanol–water partition coefficient (Wildman–Crippen LogP) is 3.84. The van der Waals surface area contributed by atoms with Crippen LogP contribution in [-0.4, -0.2) is 38.2 Å². The van der Waals surface area contributed by atoms with E-state index in [1.165, 1.54) is 0 Å². The fourth-order valence-electron chi connectivity index (χ4n) is 3.17. The van der Waals surface area contributed by atoms with Gasteiger partial charge in [0.2, 0.25) is 5.91 Å². The summed E-state index contributed by atoms with van der Waals surface area (Å²) in [4.78, 5) is 14.9. The minimum Gasteiger partial charge on any atom is -0.497 e. The fourth-order valence-corrected chi connectivity index (χ4v) is 3.17. The zero-order valence-electron chi connectivity index (χ0n) is 16.2. The molecule has 5 heteroatoms. The Morgan fingerprint density at radius 3 is 2.19 bits per heavy atom. The van der Waals surface area contributed by atoms with Gasteiger partial charge >= 0.3 is 0 Å². The van der Waals surface area contributed by atoms with Crippen LogP contribution >= 0.6 is 0 Å². The molecule has 3 rings (SSSR count). The van der Waals surface area contributed by atoms with Crippen molar-refractivity contribution in [1.82, 2.24) is 4.90 Å². The van der Waals surface area contributed by atoms with E-state index < -0.39 is 0 Å². The van der Waals surface area contributed by atoms with Gasteiger partial charge in [-0.05, 0) is 54.7 Å². The third kappa shape index (κ3) is 4.94. The molecule has 2 aromatic rings. The number of benzene rings is 2. The molecule has 1 amide bonds. The summed E-state index contributed by atoms with van der Waals surface area (Å²) in [6.45, 7) is 0.652. The zero-order chi connectivity index (χ0) is 19.2. The van der Waals surface area contributed by atoms with Crippen LogP contribution in [0.5, 0.6) is 17.2 Å². The van der Waals surface area contributed by atoms with E-state index in [4.69, 9.17) is 14.2 Å². The van der Waals surface area contributed by atoms with E-state index in [1.807, 2.05) is 47.4 Å². The number of aryl methyl sites for hydroxylation is 1. The molecule has 1 aliphatic carbocycles. The van der Waals surface area contributed by atoms with Crippen LogP contribution in [0.2, 0.25) is 0 Å². The Morgan fingerprint density at radius 2 is 1.59 bits per heavy atom. The number of ether oxygens (including phenoxy) is 3. The van der Waals surface area contributed by atoms with Gasteiger partial charge in [-0.15, -0.1) is 0 Å². The third-order valence-electron chi connectivity index (χ3n) is 4.90. The van der Waals surface area contributed by atoms with Crippen molar-refractivity contribution < 1.29 is 19.0 Å². The molecule has 0 bridgehead atoms. The predicted molar refractivity (Wildman–Crippen MR) is 104 cm³/mol. The number of amides is 1. The third-order valence-corrected chi connectivity index (χ3v) is 4.90. The van der Waals surface area contributed by atoms with Crippen molar-refractivity contribution in [1.29, 1.82) is 0 Å². The molecule has 0 spiro atoms. The Labute approximate surface area is 160 Å². The molecular weight excluding hydrogens is 342 g/mol. The largest absolute Gasteiger partial charge is 0.497 e. The summed E-state index contributed by atoms with van der Waals surface area (Å²) in [5.74, 6) is 2.42. The second-order valence-corrected chi connectivity index (χ2v) is 6.79. The molecule has 0 aromatic heterocycles. The van der Waals surface area contributed by atoms with Crippen LogP contribution in [-0.2, 0) is 17.8 Å². The second kappa shape index (κ2) is 8.80. The van der Waals surface area contributed by atoms with Crippen molar-refractivity contribution in [2.75, 3.05) is 21.3 Å². The van der Waals surface area contributed by atoms with Gasteiger partial charge in [-0.25, -0.2) is 0 Å². The van der Waals surface area contributed by atoms with E-state index in [9.17, 15) is 4.79 Å². The first-order valence-corrected chi connectivity index (χ1v) is 9.28. The highest BCUT2D eigenvalue weighted by atomic mass is 16.5. The number of hydrogen-bond acceptors (Lipinski definition) is 4. The monoisotopic (exact) mass is 369 g/mol. The molecule has 0 radical (unpaired) electrons. The summed E-state index contributed by atoms with van der Waals surface area (Å²) in [7, 11) is 4.90. The molecule has 0 unspecified atom stereocenters. The lowest BCUT2D eigenvalue weighted by Crippen LogP contribution is -2.32. The van der Waals surface area contributed by atoms with Gasteiger partial charge in [-0.1, -0.05) is 18.2 Å². The summed E-state index contributed by atoms with van der Waals surface area (Å²) >= 11 is 0. The second-order valence-electron chi connectivity index (χ2n) is 6.79. The summed E-state index contributed by atoms with van der Waals surface area (Å²) in [6.07, 6.45) is 3.36. The van der Waals surface area contributed by atoms with Crippen LogP contribution in [0.15, 0.2) is 42.5 Å². The maximum absolute atomic E-state index is 12.8. The number of hydrogen-bond donors (Lipinski definition) is 0. The van der Waals surface area contributed by atoms with Crippen molar-refractivity contribution in [2.45, 2.75) is 38.3 Å². The SMILES string of the molecule is COc1ccc(CN(C(=O)CCc2ccc(OC)c(OC)c2)C2CC2)cc1. The zero-order valence-corrected chi connectivity index (χ0v) is 16.2. The van der Waals surface area contributed by atoms with Crippen LogP contribution < -0.4 is 14.2 Å². The van der Waals surface area contributed by atoms with E-state index in [1.54, 1.807) is 21.3 Å². The van der Waals surface area contributed by atoms with Gasteiger partial charge in [-0.3, -0.25) is 4.79 Å². The molecule has 1 saturated carbocycles. The van der Waals surface area contributed by atoms with Crippen LogP contribution in [0.25, 0.3) is 0 Å². The number of rotatable bonds is 9. The molecule has 0 saturated heterocycles. The van der Waals surface area contributed by atoms with E-state index in [0.717, 1.165) is 29.7 Å². The fraction of sp³-hybridized carbons (Fsp3) is 0.409. The highest BCUT2D eigenvalue weighted by Crippen LogP contribution is 2.31. The van der Waals surface area contributed by atoms with Crippen molar-refractivity contribution in [3.63, 3.8) is 0 Å². The van der Waals surface area contributed by atoms with Crippen molar-refractivity contribution in [2.24, 2.45) is 0 Å². The molecule has 1 fully saturated rings. The van der Waals surface area contributed by atoms with Crippen LogP contribution in [0.3, 0.4) is 0 Å². The molecule has 1 aliphatic rings. The smallest absolute Gasteiger partial charge is 0.223 e. The lowest BCUT2D eigenvalue weighted by Gasteiger charge is -2.23. The molecule has 5 nitrogen and oxygen atoms in total. The molecular formula is C22H27NO4. The number of carbonyl (C=O) groups is 1. The number of methoxy groups -OCH3 is 3. The topological polar surface area (TPSA) is 48.0 Å². The lowest BCUT2D eigenvalue weighted by atomic mass is 10.1. The number of nitrogens with zero attached hydrogens (tertiary/aromatic N) is 1. The van der Waals surface area contributed by atoms with Gasteiger partial charge < -0.3 is 19.1 Å². The molecule has 0 aliphatic heterocycles.